The van der Waals surface area contributed by atoms with Crippen LogP contribution in [0.15, 0.2) is 94.7 Å². The number of nitrogens with one attached hydrogen (secondary N) is 2. The molecule has 12 heteroatoms. The van der Waals surface area contributed by atoms with Crippen LogP contribution in [0.25, 0.3) is 0 Å². The van der Waals surface area contributed by atoms with Gasteiger partial charge in [0.15, 0.2) is 0 Å². The van der Waals surface area contributed by atoms with Gasteiger partial charge in [0.25, 0.3) is 20.0 Å². The Labute approximate surface area is 250 Å². The van der Waals surface area contributed by atoms with E-state index in [0.29, 0.717) is 5.69 Å². The molecule has 2 N–H and O–H groups in total. The highest BCUT2D eigenvalue weighted by molar-refractivity contribution is 7.93. The molecule has 0 aliphatic heterocycles. The van der Waals surface area contributed by atoms with Crippen LogP contribution < -0.4 is 14.3 Å². The second kappa shape index (κ2) is 12.1. The van der Waals surface area contributed by atoms with Crippen molar-refractivity contribution in [1.29, 1.82) is 0 Å². The van der Waals surface area contributed by atoms with Crippen molar-refractivity contribution < 1.29 is 21.6 Å². The summed E-state index contributed by atoms with van der Waals surface area (Å²) in [5.41, 5.74) is 3.23. The molecule has 0 radical (unpaired) electrons. The van der Waals surface area contributed by atoms with Crippen LogP contribution in [0.4, 0.5) is 17.1 Å². The van der Waals surface area contributed by atoms with E-state index in [2.05, 4.69) is 10.0 Å². The van der Waals surface area contributed by atoms with Crippen LogP contribution in [-0.4, -0.2) is 29.3 Å². The predicted molar refractivity (Wildman–Crippen MR) is 164 cm³/mol. The van der Waals surface area contributed by atoms with Crippen molar-refractivity contribution in [2.45, 2.75) is 30.6 Å². The lowest BCUT2D eigenvalue weighted by Crippen LogP contribution is -2.38. The number of sulfonamides is 2. The SMILES string of the molecule is Cc1ccc(S(=O)(=O)N(CC(=O)Nc2ccc(S(=O)(=O)Nc3c(C)cccc3C)cc2)c2cccc(Cl)c2Cl)cc1. The van der Waals surface area contributed by atoms with Crippen molar-refractivity contribution in [2.75, 3.05) is 20.9 Å². The molecule has 0 atom stereocenters. The summed E-state index contributed by atoms with van der Waals surface area (Å²) >= 11 is 12.5. The van der Waals surface area contributed by atoms with Gasteiger partial charge in [-0.15, -0.1) is 0 Å². The molecule has 0 bridgehead atoms. The van der Waals surface area contributed by atoms with Gasteiger partial charge in [0.2, 0.25) is 5.91 Å². The number of nitrogens with zero attached hydrogens (tertiary/aromatic N) is 1. The van der Waals surface area contributed by atoms with E-state index in [-0.39, 0.29) is 31.2 Å². The quantitative estimate of drug-likeness (QED) is 0.217. The summed E-state index contributed by atoms with van der Waals surface area (Å²) in [6.45, 7) is 4.82. The Balaban J connectivity index is 1.57. The van der Waals surface area contributed by atoms with Crippen LogP contribution >= 0.6 is 23.2 Å². The van der Waals surface area contributed by atoms with Gasteiger partial charge in [0, 0.05) is 5.69 Å². The minimum atomic E-state index is -4.22. The zero-order valence-electron chi connectivity index (χ0n) is 22.4. The molecule has 0 aromatic heterocycles. The number of amides is 1. The van der Waals surface area contributed by atoms with E-state index in [1.165, 1.54) is 54.6 Å². The standard InChI is InChI=1S/C29H27Cl2N3O5S2/c1-19-10-14-24(15-11-19)41(38,39)34(26-9-5-8-25(30)28(26)31)18-27(35)32-22-12-16-23(17-13-22)40(36,37)33-29-20(2)6-4-7-21(29)3/h4-17,33H,18H2,1-3H3,(H,32,35). The smallest absolute Gasteiger partial charge is 0.264 e. The van der Waals surface area contributed by atoms with Crippen LogP contribution in [0.3, 0.4) is 0 Å². The number of rotatable bonds is 9. The molecule has 0 heterocycles. The third-order valence-electron chi connectivity index (χ3n) is 6.26. The van der Waals surface area contributed by atoms with Gasteiger partial charge < -0.3 is 5.32 Å². The second-order valence-corrected chi connectivity index (χ2v) is 13.7. The number of halogens is 2. The predicted octanol–water partition coefficient (Wildman–Crippen LogP) is 6.55. The molecular weight excluding hydrogens is 605 g/mol. The molecule has 0 saturated heterocycles. The maximum Gasteiger partial charge on any atom is 0.264 e. The summed E-state index contributed by atoms with van der Waals surface area (Å²) < 4.78 is 56.7. The number of para-hydroxylation sites is 1. The molecule has 0 aliphatic carbocycles. The Kier molecular flexibility index (Phi) is 8.98. The van der Waals surface area contributed by atoms with Crippen LogP contribution in [0.1, 0.15) is 16.7 Å². The second-order valence-electron chi connectivity index (χ2n) is 9.34. The molecule has 0 unspecified atom stereocenters. The number of hydrogen-bond donors (Lipinski definition) is 2. The van der Waals surface area contributed by atoms with Crippen LogP contribution in [-0.2, 0) is 24.8 Å². The van der Waals surface area contributed by atoms with Crippen LogP contribution in [0, 0.1) is 20.8 Å². The average molecular weight is 633 g/mol. The number of anilines is 3. The minimum absolute atomic E-state index is 0.00700. The maximum absolute atomic E-state index is 13.6. The molecule has 4 rings (SSSR count). The first kappa shape index (κ1) is 30.4. The molecular formula is C29H27Cl2N3O5S2. The molecule has 0 fully saturated rings. The lowest BCUT2D eigenvalue weighted by molar-refractivity contribution is -0.114. The topological polar surface area (TPSA) is 113 Å². The Morgan fingerprint density at radius 3 is 1.93 bits per heavy atom. The van der Waals surface area contributed by atoms with Crippen LogP contribution in [0.2, 0.25) is 10.0 Å². The van der Waals surface area contributed by atoms with Gasteiger partial charge in [-0.05, 0) is 80.4 Å². The summed E-state index contributed by atoms with van der Waals surface area (Å²) in [4.78, 5) is 13.1. The molecule has 4 aromatic rings. The molecule has 0 aliphatic rings. The Hall–Kier alpha value is -3.57. The normalized spacial score (nSPS) is 11.6. The van der Waals surface area contributed by atoms with E-state index in [1.54, 1.807) is 12.1 Å². The van der Waals surface area contributed by atoms with Crippen molar-refractivity contribution in [3.63, 3.8) is 0 Å². The highest BCUT2D eigenvalue weighted by Gasteiger charge is 2.29. The Morgan fingerprint density at radius 2 is 1.32 bits per heavy atom. The number of hydrogen-bond acceptors (Lipinski definition) is 5. The van der Waals surface area contributed by atoms with Crippen molar-refractivity contribution in [3.05, 3.63) is 112 Å². The van der Waals surface area contributed by atoms with Gasteiger partial charge in [0.1, 0.15) is 6.54 Å². The third kappa shape index (κ3) is 6.84. The van der Waals surface area contributed by atoms with Gasteiger partial charge in [-0.3, -0.25) is 13.8 Å². The van der Waals surface area contributed by atoms with Gasteiger partial charge in [-0.2, -0.15) is 0 Å². The maximum atomic E-state index is 13.6. The lowest BCUT2D eigenvalue weighted by Gasteiger charge is -2.25. The van der Waals surface area contributed by atoms with E-state index in [9.17, 15) is 21.6 Å². The highest BCUT2D eigenvalue weighted by atomic mass is 35.5. The molecule has 0 saturated carbocycles. The fourth-order valence-electron chi connectivity index (χ4n) is 4.04. The van der Waals surface area contributed by atoms with Crippen molar-refractivity contribution in [1.82, 2.24) is 0 Å². The van der Waals surface area contributed by atoms with Crippen molar-refractivity contribution in [2.24, 2.45) is 0 Å². The monoisotopic (exact) mass is 631 g/mol. The molecule has 8 nitrogen and oxygen atoms in total. The summed E-state index contributed by atoms with van der Waals surface area (Å²) in [6, 6.07) is 21.7. The van der Waals surface area contributed by atoms with E-state index in [1.807, 2.05) is 39.0 Å². The van der Waals surface area contributed by atoms with Gasteiger partial charge >= 0.3 is 0 Å². The molecule has 214 valence electrons. The zero-order chi connectivity index (χ0) is 29.9. The zero-order valence-corrected chi connectivity index (χ0v) is 25.5. The fraction of sp³-hybridized carbons (Fsp3) is 0.138. The van der Waals surface area contributed by atoms with E-state index < -0.39 is 32.5 Å². The lowest BCUT2D eigenvalue weighted by atomic mass is 10.1. The molecule has 41 heavy (non-hydrogen) atoms. The summed E-state index contributed by atoms with van der Waals surface area (Å²) in [7, 11) is -8.12. The Bertz CT molecular complexity index is 1790. The third-order valence-corrected chi connectivity index (χ3v) is 10.2. The van der Waals surface area contributed by atoms with Gasteiger partial charge in [-0.25, -0.2) is 16.8 Å². The summed E-state index contributed by atoms with van der Waals surface area (Å²) in [5, 5.41) is 2.72. The summed E-state index contributed by atoms with van der Waals surface area (Å²) in [5.74, 6) is -0.680. The van der Waals surface area contributed by atoms with E-state index in [4.69, 9.17) is 23.2 Å². The first-order valence-electron chi connectivity index (χ1n) is 12.3. The van der Waals surface area contributed by atoms with Crippen LogP contribution in [0.5, 0.6) is 0 Å². The largest absolute Gasteiger partial charge is 0.325 e. The van der Waals surface area contributed by atoms with Crippen molar-refractivity contribution in [3.8, 4) is 0 Å². The molecule has 4 aromatic carbocycles. The molecule has 1 amide bonds. The van der Waals surface area contributed by atoms with Crippen molar-refractivity contribution >= 4 is 66.2 Å². The van der Waals surface area contributed by atoms with Gasteiger partial charge in [0.05, 0.1) is 31.2 Å². The number of carbonyl (C=O) groups is 1. The fourth-order valence-corrected chi connectivity index (χ4v) is 7.12. The number of carbonyl (C=O) groups excluding carboxylic acids is 1. The number of benzene rings is 4. The first-order chi connectivity index (χ1) is 19.3. The van der Waals surface area contributed by atoms with E-state index >= 15 is 0 Å². The summed E-state index contributed by atoms with van der Waals surface area (Å²) in [6.07, 6.45) is 0. The highest BCUT2D eigenvalue weighted by Crippen LogP contribution is 2.35. The Morgan fingerprint density at radius 1 is 0.756 bits per heavy atom. The van der Waals surface area contributed by atoms with Gasteiger partial charge in [-0.1, -0.05) is 65.2 Å². The average Bonchev–Trinajstić information content (AvgIpc) is 2.92. The van der Waals surface area contributed by atoms with E-state index in [0.717, 1.165) is 21.0 Å². The molecule has 0 spiro atoms. The number of aryl methyl sites for hydroxylation is 3. The first-order valence-corrected chi connectivity index (χ1v) is 16.0. The minimum Gasteiger partial charge on any atom is -0.325 e.